The monoisotopic (exact) mass is 314 g/mol. The van der Waals surface area contributed by atoms with E-state index in [2.05, 4.69) is 0 Å². The third kappa shape index (κ3) is 2.23. The molecule has 3 rings (SSSR count). The van der Waals surface area contributed by atoms with Gasteiger partial charge in [-0.2, -0.15) is 0 Å². The molecule has 0 unspecified atom stereocenters. The van der Waals surface area contributed by atoms with Gasteiger partial charge in [-0.15, -0.1) is 11.8 Å². The molecule has 0 aliphatic heterocycles. The molecule has 0 fully saturated rings. The quantitative estimate of drug-likeness (QED) is 0.806. The molecule has 0 amide bonds. The average molecular weight is 314 g/mol. The van der Waals surface area contributed by atoms with E-state index in [1.807, 2.05) is 6.92 Å². The van der Waals surface area contributed by atoms with Crippen LogP contribution >= 0.6 is 11.8 Å². The topological polar surface area (TPSA) is 77.8 Å². The summed E-state index contributed by atoms with van der Waals surface area (Å²) in [6.45, 7) is 1.96. The molecule has 0 spiro atoms. The number of phenols is 3. The number of fused-ring (bicyclic) bond motifs is 1. The first-order valence-electron chi connectivity index (χ1n) is 6.80. The van der Waals surface area contributed by atoms with Crippen LogP contribution in [0.15, 0.2) is 36.4 Å². The Balaban J connectivity index is 2.25. The van der Waals surface area contributed by atoms with E-state index >= 15 is 0 Å². The molecule has 3 N–H and O–H groups in total. The first kappa shape index (κ1) is 14.5. The zero-order valence-electron chi connectivity index (χ0n) is 11.8. The molecule has 0 bridgehead atoms. The van der Waals surface area contributed by atoms with Crippen LogP contribution in [-0.4, -0.2) is 26.9 Å². The van der Waals surface area contributed by atoms with E-state index in [0.717, 1.165) is 5.75 Å². The number of hydrogen-bond acceptors (Lipinski definition) is 5. The lowest BCUT2D eigenvalue weighted by molar-refractivity contribution is 0.105. The summed E-state index contributed by atoms with van der Waals surface area (Å²) in [6, 6.07) is 8.99. The van der Waals surface area contributed by atoms with E-state index < -0.39 is 0 Å². The molecule has 0 saturated heterocycles. The molecule has 0 radical (unpaired) electrons. The van der Waals surface area contributed by atoms with Crippen LogP contribution in [0.3, 0.4) is 0 Å². The van der Waals surface area contributed by atoms with Crippen molar-refractivity contribution in [2.24, 2.45) is 0 Å². The normalized spacial score (nSPS) is 13.6. The fourth-order valence-corrected chi connectivity index (χ4v) is 3.57. The molecule has 2 aromatic carbocycles. The number of rotatable bonds is 3. The van der Waals surface area contributed by atoms with Gasteiger partial charge < -0.3 is 15.3 Å². The van der Waals surface area contributed by atoms with Gasteiger partial charge in [0.2, 0.25) is 0 Å². The summed E-state index contributed by atoms with van der Waals surface area (Å²) < 4.78 is 0. The predicted octanol–water partition coefficient (Wildman–Crippen LogP) is 3.62. The van der Waals surface area contributed by atoms with E-state index in [1.54, 1.807) is 12.1 Å². The van der Waals surface area contributed by atoms with Crippen molar-refractivity contribution in [1.82, 2.24) is 0 Å². The summed E-state index contributed by atoms with van der Waals surface area (Å²) >= 11 is 1.47. The van der Waals surface area contributed by atoms with Crippen molar-refractivity contribution >= 4 is 28.0 Å². The highest BCUT2D eigenvalue weighted by atomic mass is 32.2. The lowest BCUT2D eigenvalue weighted by atomic mass is 10.0. The molecule has 2 aromatic rings. The van der Waals surface area contributed by atoms with Gasteiger partial charge >= 0.3 is 0 Å². The molecule has 1 aliphatic rings. The van der Waals surface area contributed by atoms with Crippen LogP contribution in [-0.2, 0) is 0 Å². The van der Waals surface area contributed by atoms with Crippen LogP contribution in [0.4, 0.5) is 0 Å². The largest absolute Gasteiger partial charge is 0.508 e. The maximum Gasteiger partial charge on any atom is 0.195 e. The van der Waals surface area contributed by atoms with Gasteiger partial charge in [-0.1, -0.05) is 19.1 Å². The maximum absolute atomic E-state index is 12.7. The lowest BCUT2D eigenvalue weighted by Gasteiger charge is -2.08. The van der Waals surface area contributed by atoms with E-state index in [1.165, 1.54) is 36.0 Å². The Morgan fingerprint density at radius 2 is 1.68 bits per heavy atom. The van der Waals surface area contributed by atoms with Crippen molar-refractivity contribution in [3.8, 4) is 17.2 Å². The molecule has 112 valence electrons. The standard InChI is InChI=1S/C17H14O4S/c1-2-22-17-14(9-3-5-10(18)6-4-9)16(21)12-7-11(19)8-13(20)15(12)17/h3-8,18-20H,2H2,1H3. The van der Waals surface area contributed by atoms with Crippen LogP contribution in [0.2, 0.25) is 0 Å². The highest BCUT2D eigenvalue weighted by Gasteiger charge is 2.33. The van der Waals surface area contributed by atoms with Crippen molar-refractivity contribution < 1.29 is 20.1 Å². The van der Waals surface area contributed by atoms with Crippen molar-refractivity contribution in [2.45, 2.75) is 6.92 Å². The average Bonchev–Trinajstić information content (AvgIpc) is 2.74. The van der Waals surface area contributed by atoms with Crippen LogP contribution < -0.4 is 0 Å². The summed E-state index contributed by atoms with van der Waals surface area (Å²) in [7, 11) is 0. The first-order valence-corrected chi connectivity index (χ1v) is 7.79. The van der Waals surface area contributed by atoms with Crippen molar-refractivity contribution in [2.75, 3.05) is 5.75 Å². The van der Waals surface area contributed by atoms with E-state index in [-0.39, 0.29) is 23.0 Å². The number of phenolic OH excluding ortho intramolecular Hbond substituents is 3. The molecular formula is C17H14O4S. The van der Waals surface area contributed by atoms with E-state index in [9.17, 15) is 20.1 Å². The van der Waals surface area contributed by atoms with Crippen molar-refractivity contribution in [3.05, 3.63) is 53.1 Å². The Bertz CT molecular complexity index is 791. The molecule has 22 heavy (non-hydrogen) atoms. The van der Waals surface area contributed by atoms with Crippen LogP contribution in [0, 0.1) is 0 Å². The van der Waals surface area contributed by atoms with Gasteiger partial charge in [0, 0.05) is 27.7 Å². The van der Waals surface area contributed by atoms with E-state index in [0.29, 0.717) is 27.2 Å². The van der Waals surface area contributed by atoms with Gasteiger partial charge in [-0.05, 0) is 29.5 Å². The number of hydrogen-bond donors (Lipinski definition) is 3. The second kappa shape index (κ2) is 5.42. The summed E-state index contributed by atoms with van der Waals surface area (Å²) in [5.74, 6) is 0.384. The number of benzene rings is 2. The minimum Gasteiger partial charge on any atom is -0.508 e. The molecule has 0 aromatic heterocycles. The third-order valence-electron chi connectivity index (χ3n) is 3.47. The number of carbonyl (C=O) groups excluding carboxylic acids is 1. The fourth-order valence-electron chi connectivity index (χ4n) is 2.57. The second-order valence-electron chi connectivity index (χ2n) is 4.90. The second-order valence-corrected chi connectivity index (χ2v) is 6.17. The summed E-state index contributed by atoms with van der Waals surface area (Å²) in [5, 5.41) is 29.2. The van der Waals surface area contributed by atoms with Crippen LogP contribution in [0.5, 0.6) is 17.2 Å². The molecule has 0 saturated carbocycles. The van der Waals surface area contributed by atoms with Gasteiger partial charge in [-0.3, -0.25) is 4.79 Å². The SMILES string of the molecule is CCSC1=C(c2ccc(O)cc2)C(=O)c2cc(O)cc(O)c21. The minimum atomic E-state index is -0.233. The van der Waals surface area contributed by atoms with Gasteiger partial charge in [-0.25, -0.2) is 0 Å². The minimum absolute atomic E-state index is 0.104. The Morgan fingerprint density at radius 1 is 1.00 bits per heavy atom. The zero-order chi connectivity index (χ0) is 15.9. The lowest BCUT2D eigenvalue weighted by Crippen LogP contribution is -1.98. The van der Waals surface area contributed by atoms with Gasteiger partial charge in [0.25, 0.3) is 0 Å². The summed E-state index contributed by atoms with van der Waals surface area (Å²) in [4.78, 5) is 13.4. The molecule has 1 aliphatic carbocycles. The number of Topliss-reactive ketones (excluding diaryl/α,β-unsaturated/α-hetero) is 1. The highest BCUT2D eigenvalue weighted by molar-refractivity contribution is 8.08. The predicted molar refractivity (Wildman–Crippen MR) is 87.2 cm³/mol. The molecule has 5 heteroatoms. The Morgan fingerprint density at radius 3 is 2.32 bits per heavy atom. The summed E-state index contributed by atoms with van der Waals surface area (Å²) in [6.07, 6.45) is 0. The number of ketones is 1. The number of thioether (sulfide) groups is 1. The van der Waals surface area contributed by atoms with Gasteiger partial charge in [0.05, 0.1) is 0 Å². The van der Waals surface area contributed by atoms with Crippen molar-refractivity contribution in [1.29, 1.82) is 0 Å². The smallest absolute Gasteiger partial charge is 0.195 e. The number of aromatic hydroxyl groups is 3. The third-order valence-corrected chi connectivity index (χ3v) is 4.46. The molecule has 4 nitrogen and oxygen atoms in total. The maximum atomic E-state index is 12.7. The van der Waals surface area contributed by atoms with Gasteiger partial charge in [0.1, 0.15) is 17.2 Å². The number of allylic oxidation sites excluding steroid dienone is 1. The first-order chi connectivity index (χ1) is 10.5. The fraction of sp³-hybridized carbons (Fsp3) is 0.118. The zero-order valence-corrected chi connectivity index (χ0v) is 12.6. The highest BCUT2D eigenvalue weighted by Crippen LogP contribution is 2.49. The van der Waals surface area contributed by atoms with E-state index in [4.69, 9.17) is 0 Å². The summed E-state index contributed by atoms with van der Waals surface area (Å²) in [5.41, 5.74) is 1.94. The number of carbonyl (C=O) groups is 1. The van der Waals surface area contributed by atoms with Crippen LogP contribution in [0.25, 0.3) is 10.5 Å². The molecule has 0 heterocycles. The van der Waals surface area contributed by atoms with Gasteiger partial charge in [0.15, 0.2) is 5.78 Å². The Labute approximate surface area is 131 Å². The molecular weight excluding hydrogens is 300 g/mol. The Kier molecular flexibility index (Phi) is 3.58. The molecule has 0 atom stereocenters. The Hall–Kier alpha value is -2.40. The van der Waals surface area contributed by atoms with Crippen LogP contribution in [0.1, 0.15) is 28.4 Å². The van der Waals surface area contributed by atoms with Crippen molar-refractivity contribution in [3.63, 3.8) is 0 Å².